The highest BCUT2D eigenvalue weighted by Crippen LogP contribution is 2.23. The van der Waals surface area contributed by atoms with E-state index in [0.29, 0.717) is 22.8 Å². The van der Waals surface area contributed by atoms with Crippen LogP contribution in [-0.2, 0) is 9.59 Å². The van der Waals surface area contributed by atoms with Gasteiger partial charge in [-0.3, -0.25) is 15.0 Å². The number of rotatable bonds is 6. The summed E-state index contributed by atoms with van der Waals surface area (Å²) >= 11 is 5.97. The van der Waals surface area contributed by atoms with Crippen molar-refractivity contribution in [2.45, 2.75) is 26.7 Å². The molecule has 5 nitrogen and oxygen atoms in total. The molecule has 6 heteroatoms. The van der Waals surface area contributed by atoms with Crippen LogP contribution in [0.2, 0.25) is 5.02 Å². The molecule has 0 spiro atoms. The van der Waals surface area contributed by atoms with E-state index in [0.717, 1.165) is 5.56 Å². The number of carbonyl (C=O) groups excluding carboxylic acids is 2. The first-order valence-corrected chi connectivity index (χ1v) is 6.59. The van der Waals surface area contributed by atoms with E-state index in [1.54, 1.807) is 25.1 Å². The van der Waals surface area contributed by atoms with Crippen LogP contribution in [0.4, 0.5) is 5.69 Å². The van der Waals surface area contributed by atoms with Crippen molar-refractivity contribution in [3.63, 3.8) is 0 Å². The molecule has 0 bridgehead atoms. The smallest absolute Gasteiger partial charge is 0.238 e. The van der Waals surface area contributed by atoms with Crippen molar-refractivity contribution in [1.29, 1.82) is 0 Å². The van der Waals surface area contributed by atoms with E-state index >= 15 is 0 Å². The molecular weight excluding hydrogens is 278 g/mol. The topological polar surface area (TPSA) is 70.2 Å². The monoisotopic (exact) mass is 295 g/mol. The Labute approximate surface area is 123 Å². The fraction of sp³-hybridized carbons (Fsp3) is 0.286. The number of hydrogen-bond donors (Lipinski definition) is 3. The van der Waals surface area contributed by atoms with Gasteiger partial charge in [-0.1, -0.05) is 31.2 Å². The third kappa shape index (κ3) is 4.93. The lowest BCUT2D eigenvalue weighted by Gasteiger charge is -2.12. The maximum Gasteiger partial charge on any atom is 0.238 e. The molecule has 0 aromatic heterocycles. The summed E-state index contributed by atoms with van der Waals surface area (Å²) in [6.07, 6.45) is 0.407. The van der Waals surface area contributed by atoms with E-state index in [2.05, 4.69) is 22.7 Å². The Bertz CT molecular complexity index is 529. The van der Waals surface area contributed by atoms with Gasteiger partial charge in [0.1, 0.15) is 0 Å². The molecule has 20 heavy (non-hydrogen) atoms. The molecule has 108 valence electrons. The second kappa shape index (κ2) is 7.55. The van der Waals surface area contributed by atoms with Gasteiger partial charge in [0.05, 0.1) is 6.42 Å². The summed E-state index contributed by atoms with van der Waals surface area (Å²) in [5.41, 5.74) is 6.90. The van der Waals surface area contributed by atoms with Gasteiger partial charge < -0.3 is 10.7 Å². The van der Waals surface area contributed by atoms with Crippen LogP contribution >= 0.6 is 11.6 Å². The maximum atomic E-state index is 11.8. The Morgan fingerprint density at radius 1 is 1.25 bits per heavy atom. The molecule has 0 aliphatic carbocycles. The van der Waals surface area contributed by atoms with Crippen LogP contribution < -0.4 is 16.2 Å². The van der Waals surface area contributed by atoms with Crippen molar-refractivity contribution >= 4 is 29.1 Å². The van der Waals surface area contributed by atoms with Crippen molar-refractivity contribution < 1.29 is 9.59 Å². The highest BCUT2D eigenvalue weighted by molar-refractivity contribution is 6.31. The molecule has 0 atom stereocenters. The van der Waals surface area contributed by atoms with Gasteiger partial charge in [-0.25, -0.2) is 0 Å². The molecule has 0 saturated carbocycles. The number of halogens is 1. The lowest BCUT2D eigenvalue weighted by atomic mass is 10.2. The highest BCUT2D eigenvalue weighted by atomic mass is 35.5. The van der Waals surface area contributed by atoms with Gasteiger partial charge in [0.25, 0.3) is 0 Å². The lowest BCUT2D eigenvalue weighted by Crippen LogP contribution is -2.36. The molecule has 0 fully saturated rings. The summed E-state index contributed by atoms with van der Waals surface area (Å²) < 4.78 is 0. The van der Waals surface area contributed by atoms with Crippen LogP contribution in [0.3, 0.4) is 0 Å². The molecule has 0 aliphatic rings. The minimum absolute atomic E-state index is 0.0515. The van der Waals surface area contributed by atoms with E-state index in [4.69, 9.17) is 11.6 Å². The molecule has 3 N–H and O–H groups in total. The molecule has 0 saturated heterocycles. The predicted molar refractivity (Wildman–Crippen MR) is 80.1 cm³/mol. The van der Waals surface area contributed by atoms with E-state index in [1.807, 2.05) is 6.92 Å². The van der Waals surface area contributed by atoms with E-state index in [1.165, 1.54) is 0 Å². The zero-order chi connectivity index (χ0) is 15.1. The third-order valence-corrected chi connectivity index (χ3v) is 3.02. The van der Waals surface area contributed by atoms with Crippen LogP contribution in [0.25, 0.3) is 0 Å². The molecule has 1 rings (SSSR count). The van der Waals surface area contributed by atoms with Crippen LogP contribution in [0.1, 0.15) is 25.3 Å². The Morgan fingerprint density at radius 3 is 2.60 bits per heavy atom. The fourth-order valence-corrected chi connectivity index (χ4v) is 1.60. The van der Waals surface area contributed by atoms with Crippen molar-refractivity contribution in [3.05, 3.63) is 41.1 Å². The maximum absolute atomic E-state index is 11.8. The average molecular weight is 296 g/mol. The van der Waals surface area contributed by atoms with Gasteiger partial charge in [-0.05, 0) is 24.6 Å². The van der Waals surface area contributed by atoms with Gasteiger partial charge in [0.15, 0.2) is 0 Å². The van der Waals surface area contributed by atoms with Gasteiger partial charge in [0.2, 0.25) is 11.8 Å². The number of anilines is 1. The molecule has 0 aliphatic heterocycles. The second-order valence-corrected chi connectivity index (χ2v) is 4.67. The average Bonchev–Trinajstić information content (AvgIpc) is 2.41. The predicted octanol–water partition coefficient (Wildman–Crippen LogP) is 2.52. The fourth-order valence-electron chi connectivity index (χ4n) is 1.42. The van der Waals surface area contributed by atoms with Crippen LogP contribution in [-0.4, -0.2) is 11.8 Å². The standard InChI is InChI=1S/C14H18ClN3O2/c1-4-13(19)18-17-9(2)8-14(20)16-12-7-5-6-11(15)10(12)3/h5-7,17H,2,4,8H2,1,3H3,(H,16,20)(H,18,19). The first-order chi connectivity index (χ1) is 9.43. The largest absolute Gasteiger partial charge is 0.325 e. The summed E-state index contributed by atoms with van der Waals surface area (Å²) in [6.45, 7) is 7.23. The number of hydrogen-bond acceptors (Lipinski definition) is 3. The Morgan fingerprint density at radius 2 is 1.95 bits per heavy atom. The lowest BCUT2D eigenvalue weighted by molar-refractivity contribution is -0.122. The second-order valence-electron chi connectivity index (χ2n) is 4.27. The summed E-state index contributed by atoms with van der Waals surface area (Å²) in [5, 5.41) is 3.34. The molecule has 2 amide bonds. The quantitative estimate of drug-likeness (QED) is 0.706. The highest BCUT2D eigenvalue weighted by Gasteiger charge is 2.08. The van der Waals surface area contributed by atoms with Gasteiger partial charge in [-0.15, -0.1) is 0 Å². The molecular formula is C14H18ClN3O2. The molecule has 1 aromatic carbocycles. The van der Waals surface area contributed by atoms with Crippen LogP contribution in [0, 0.1) is 6.92 Å². The van der Waals surface area contributed by atoms with Crippen LogP contribution in [0.15, 0.2) is 30.5 Å². The molecule has 0 heterocycles. The van der Waals surface area contributed by atoms with Gasteiger partial charge >= 0.3 is 0 Å². The molecule has 0 radical (unpaired) electrons. The summed E-state index contributed by atoms with van der Waals surface area (Å²) in [7, 11) is 0. The minimum Gasteiger partial charge on any atom is -0.325 e. The normalized spacial score (nSPS) is 9.75. The van der Waals surface area contributed by atoms with E-state index in [9.17, 15) is 9.59 Å². The van der Waals surface area contributed by atoms with Crippen molar-refractivity contribution in [2.24, 2.45) is 0 Å². The summed E-state index contributed by atoms with van der Waals surface area (Å²) in [5.74, 6) is -0.407. The Kier molecular flexibility index (Phi) is 6.06. The number of benzene rings is 1. The SMILES string of the molecule is C=C(CC(=O)Nc1cccc(Cl)c1C)NNC(=O)CC. The zero-order valence-corrected chi connectivity index (χ0v) is 12.3. The number of hydrazine groups is 1. The number of amides is 2. The Hall–Kier alpha value is -2.01. The minimum atomic E-state index is -0.237. The molecule has 1 aromatic rings. The number of carbonyl (C=O) groups is 2. The zero-order valence-electron chi connectivity index (χ0n) is 11.5. The molecule has 0 unspecified atom stereocenters. The van der Waals surface area contributed by atoms with Crippen LogP contribution in [0.5, 0.6) is 0 Å². The van der Waals surface area contributed by atoms with Crippen molar-refractivity contribution in [1.82, 2.24) is 10.9 Å². The third-order valence-electron chi connectivity index (χ3n) is 2.62. The summed E-state index contributed by atoms with van der Waals surface area (Å²) in [4.78, 5) is 22.9. The van der Waals surface area contributed by atoms with Crippen molar-refractivity contribution in [2.75, 3.05) is 5.32 Å². The van der Waals surface area contributed by atoms with Gasteiger partial charge in [0, 0.05) is 22.8 Å². The van der Waals surface area contributed by atoms with E-state index in [-0.39, 0.29) is 18.2 Å². The first kappa shape index (κ1) is 16.0. The Balaban J connectivity index is 2.49. The van der Waals surface area contributed by atoms with Crippen molar-refractivity contribution in [3.8, 4) is 0 Å². The summed E-state index contributed by atoms with van der Waals surface area (Å²) in [6, 6.07) is 5.29. The first-order valence-electron chi connectivity index (χ1n) is 6.21. The number of nitrogens with one attached hydrogen (secondary N) is 3. The van der Waals surface area contributed by atoms with E-state index < -0.39 is 0 Å². The van der Waals surface area contributed by atoms with Gasteiger partial charge in [-0.2, -0.15) is 0 Å².